The van der Waals surface area contributed by atoms with E-state index in [1.165, 1.54) is 20.5 Å². The number of furan rings is 1. The van der Waals surface area contributed by atoms with Gasteiger partial charge in [0.15, 0.2) is 17.5 Å². The Bertz CT molecular complexity index is 3230. The molecule has 0 aliphatic heterocycles. The molecule has 0 aliphatic carbocycles. The fourth-order valence-electron chi connectivity index (χ4n) is 7.93. The predicted molar refractivity (Wildman–Crippen MR) is 233 cm³/mol. The lowest BCUT2D eigenvalue weighted by molar-refractivity contribution is 0.670. The fourth-order valence-corrected chi connectivity index (χ4v) is 9.19. The number of rotatable bonds is 6. The molecular weight excluding hydrogens is 703 g/mol. The number of benzene rings is 8. The average Bonchev–Trinajstić information content (AvgIpc) is 3.87. The zero-order valence-corrected chi connectivity index (χ0v) is 30.9. The standard InChI is InChI=1S/C51H31N3OS/c1-4-14-32(15-5-1)33-26-28-36(29-27-33)50-52-49(35-18-8-3-9-19-35)53-51(54-50)42-23-13-25-44-45(42)41-22-12-21-39(48(41)56-44)38-31-30-37(34-16-6-2-7-17-34)46-40-20-10-11-24-43(40)55-47(38)46/h1-31H. The first kappa shape index (κ1) is 32.2. The molecule has 0 radical (unpaired) electrons. The molecule has 0 unspecified atom stereocenters. The maximum absolute atomic E-state index is 6.74. The molecule has 3 aromatic heterocycles. The predicted octanol–water partition coefficient (Wildman–Crippen LogP) is 14.1. The van der Waals surface area contributed by atoms with Crippen LogP contribution in [0.3, 0.4) is 0 Å². The summed E-state index contributed by atoms with van der Waals surface area (Å²) < 4.78 is 9.10. The quantitative estimate of drug-likeness (QED) is 0.171. The largest absolute Gasteiger partial charge is 0.455 e. The third-order valence-electron chi connectivity index (χ3n) is 10.6. The van der Waals surface area contributed by atoms with Crippen molar-refractivity contribution < 1.29 is 4.42 Å². The van der Waals surface area contributed by atoms with Gasteiger partial charge in [0.25, 0.3) is 0 Å². The number of hydrogen-bond acceptors (Lipinski definition) is 5. The van der Waals surface area contributed by atoms with Crippen molar-refractivity contribution in [2.75, 3.05) is 0 Å². The Morgan fingerprint density at radius 3 is 1.62 bits per heavy atom. The fraction of sp³-hybridized carbons (Fsp3) is 0. The topological polar surface area (TPSA) is 51.8 Å². The first-order valence-corrected chi connectivity index (χ1v) is 19.5. The second-order valence-corrected chi connectivity index (χ2v) is 15.0. The second-order valence-electron chi connectivity index (χ2n) is 13.9. The van der Waals surface area contributed by atoms with Gasteiger partial charge in [0.2, 0.25) is 0 Å². The minimum Gasteiger partial charge on any atom is -0.455 e. The molecule has 0 saturated carbocycles. The van der Waals surface area contributed by atoms with Gasteiger partial charge in [-0.25, -0.2) is 15.0 Å². The van der Waals surface area contributed by atoms with Crippen LogP contribution < -0.4 is 0 Å². The second kappa shape index (κ2) is 13.3. The molecule has 11 aromatic rings. The van der Waals surface area contributed by atoms with E-state index in [0.29, 0.717) is 17.5 Å². The van der Waals surface area contributed by atoms with E-state index in [1.54, 1.807) is 11.3 Å². The van der Waals surface area contributed by atoms with Crippen molar-refractivity contribution in [1.82, 2.24) is 15.0 Å². The van der Waals surface area contributed by atoms with Crippen molar-refractivity contribution in [2.45, 2.75) is 0 Å². The van der Waals surface area contributed by atoms with Gasteiger partial charge < -0.3 is 4.42 Å². The molecular formula is C51H31N3OS. The molecule has 0 atom stereocenters. The van der Waals surface area contributed by atoms with Gasteiger partial charge in [0.1, 0.15) is 11.2 Å². The number of para-hydroxylation sites is 1. The molecule has 3 heterocycles. The highest BCUT2D eigenvalue weighted by Crippen LogP contribution is 2.47. The molecule has 5 heteroatoms. The Morgan fingerprint density at radius 2 is 0.875 bits per heavy atom. The number of hydrogen-bond donors (Lipinski definition) is 0. The van der Waals surface area contributed by atoms with Gasteiger partial charge in [-0.1, -0.05) is 170 Å². The molecule has 4 nitrogen and oxygen atoms in total. The third-order valence-corrected chi connectivity index (χ3v) is 11.8. The van der Waals surface area contributed by atoms with Crippen molar-refractivity contribution in [3.63, 3.8) is 0 Å². The summed E-state index contributed by atoms with van der Waals surface area (Å²) in [6.45, 7) is 0. The Morgan fingerprint density at radius 1 is 0.339 bits per heavy atom. The molecule has 262 valence electrons. The summed E-state index contributed by atoms with van der Waals surface area (Å²) in [6, 6.07) is 65.5. The number of aromatic nitrogens is 3. The van der Waals surface area contributed by atoms with E-state index in [2.05, 4.69) is 158 Å². The highest BCUT2D eigenvalue weighted by Gasteiger charge is 2.22. The van der Waals surface area contributed by atoms with Crippen LogP contribution >= 0.6 is 11.3 Å². The minimum atomic E-state index is 0.636. The molecule has 0 amide bonds. The molecule has 8 aromatic carbocycles. The zero-order valence-electron chi connectivity index (χ0n) is 30.1. The average molecular weight is 734 g/mol. The lowest BCUT2D eigenvalue weighted by Crippen LogP contribution is -2.00. The lowest BCUT2D eigenvalue weighted by atomic mass is 9.94. The van der Waals surface area contributed by atoms with E-state index in [-0.39, 0.29) is 0 Å². The van der Waals surface area contributed by atoms with Crippen LogP contribution in [0.2, 0.25) is 0 Å². The molecule has 0 saturated heterocycles. The monoisotopic (exact) mass is 733 g/mol. The van der Waals surface area contributed by atoms with Crippen LogP contribution in [0.5, 0.6) is 0 Å². The zero-order chi connectivity index (χ0) is 37.0. The Hall–Kier alpha value is -7.21. The van der Waals surface area contributed by atoms with E-state index in [9.17, 15) is 0 Å². The Balaban J connectivity index is 1.10. The third kappa shape index (κ3) is 5.40. The Kier molecular flexibility index (Phi) is 7.64. The SMILES string of the molecule is c1ccc(-c2ccc(-c3nc(-c4ccccc4)nc(-c4cccc5sc6c(-c7ccc(-c8ccccc8)c8c7oc7ccccc78)cccc6c45)n3)cc2)cc1. The summed E-state index contributed by atoms with van der Waals surface area (Å²) in [5.41, 5.74) is 11.5. The first-order chi connectivity index (χ1) is 27.8. The molecule has 11 rings (SSSR count). The van der Waals surface area contributed by atoms with Gasteiger partial charge in [0, 0.05) is 58.8 Å². The highest BCUT2D eigenvalue weighted by atomic mass is 32.1. The minimum absolute atomic E-state index is 0.636. The van der Waals surface area contributed by atoms with Crippen LogP contribution in [-0.4, -0.2) is 15.0 Å². The smallest absolute Gasteiger partial charge is 0.164 e. The van der Waals surface area contributed by atoms with Crippen molar-refractivity contribution in [3.8, 4) is 67.5 Å². The highest BCUT2D eigenvalue weighted by molar-refractivity contribution is 7.26. The van der Waals surface area contributed by atoms with Crippen molar-refractivity contribution in [1.29, 1.82) is 0 Å². The number of fused-ring (bicyclic) bond motifs is 6. The lowest BCUT2D eigenvalue weighted by Gasteiger charge is -2.10. The summed E-state index contributed by atoms with van der Waals surface area (Å²) in [5, 5.41) is 4.53. The van der Waals surface area contributed by atoms with E-state index in [0.717, 1.165) is 71.7 Å². The van der Waals surface area contributed by atoms with Gasteiger partial charge in [-0.15, -0.1) is 11.3 Å². The van der Waals surface area contributed by atoms with Crippen LogP contribution in [0.1, 0.15) is 0 Å². The van der Waals surface area contributed by atoms with Crippen LogP contribution in [-0.2, 0) is 0 Å². The van der Waals surface area contributed by atoms with Gasteiger partial charge in [-0.3, -0.25) is 0 Å². The van der Waals surface area contributed by atoms with E-state index in [4.69, 9.17) is 19.4 Å². The van der Waals surface area contributed by atoms with Crippen LogP contribution in [0.4, 0.5) is 0 Å². The molecule has 0 aliphatic rings. The van der Waals surface area contributed by atoms with E-state index >= 15 is 0 Å². The maximum atomic E-state index is 6.74. The summed E-state index contributed by atoms with van der Waals surface area (Å²) in [7, 11) is 0. The van der Waals surface area contributed by atoms with Crippen molar-refractivity contribution in [3.05, 3.63) is 188 Å². The summed E-state index contributed by atoms with van der Waals surface area (Å²) in [5.74, 6) is 1.92. The van der Waals surface area contributed by atoms with Crippen molar-refractivity contribution >= 4 is 53.4 Å². The van der Waals surface area contributed by atoms with E-state index in [1.807, 2.05) is 30.3 Å². The number of nitrogens with zero attached hydrogens (tertiary/aromatic N) is 3. The van der Waals surface area contributed by atoms with E-state index < -0.39 is 0 Å². The maximum Gasteiger partial charge on any atom is 0.164 e. The van der Waals surface area contributed by atoms with Gasteiger partial charge in [-0.2, -0.15) is 0 Å². The van der Waals surface area contributed by atoms with Gasteiger partial charge >= 0.3 is 0 Å². The first-order valence-electron chi connectivity index (χ1n) is 18.7. The van der Waals surface area contributed by atoms with Crippen LogP contribution in [0.25, 0.3) is 110 Å². The Labute approximate surface area is 327 Å². The normalized spacial score (nSPS) is 11.6. The summed E-state index contributed by atoms with van der Waals surface area (Å²) in [4.78, 5) is 15.4. The molecule has 0 bridgehead atoms. The van der Waals surface area contributed by atoms with Gasteiger partial charge in [0.05, 0.1) is 0 Å². The molecule has 0 fully saturated rings. The summed E-state index contributed by atoms with van der Waals surface area (Å²) >= 11 is 1.80. The van der Waals surface area contributed by atoms with Crippen molar-refractivity contribution in [2.24, 2.45) is 0 Å². The van der Waals surface area contributed by atoms with Crippen LogP contribution in [0.15, 0.2) is 192 Å². The molecule has 0 spiro atoms. The molecule has 56 heavy (non-hydrogen) atoms. The van der Waals surface area contributed by atoms with Gasteiger partial charge in [-0.05, 0) is 40.5 Å². The summed E-state index contributed by atoms with van der Waals surface area (Å²) in [6.07, 6.45) is 0. The van der Waals surface area contributed by atoms with Crippen LogP contribution in [0, 0.1) is 0 Å². The number of thiophene rings is 1. The molecule has 0 N–H and O–H groups in total.